The van der Waals surface area contributed by atoms with Gasteiger partial charge in [0.15, 0.2) is 0 Å². The van der Waals surface area contributed by atoms with Gasteiger partial charge in [0.25, 0.3) is 0 Å². The van der Waals surface area contributed by atoms with E-state index in [1.54, 1.807) is 0 Å². The molecule has 1 fully saturated rings. The molecule has 2 nitrogen and oxygen atoms in total. The van der Waals surface area contributed by atoms with E-state index in [4.69, 9.17) is 4.74 Å². The summed E-state index contributed by atoms with van der Waals surface area (Å²) in [4.78, 5) is 0. The Kier molecular flexibility index (Phi) is 6.72. The van der Waals surface area contributed by atoms with E-state index in [9.17, 15) is 0 Å². The first-order chi connectivity index (χ1) is 10.3. The van der Waals surface area contributed by atoms with Gasteiger partial charge in [0.1, 0.15) is 0 Å². The zero-order valence-electron chi connectivity index (χ0n) is 13.7. The molecule has 118 valence electrons. The highest BCUT2D eigenvalue weighted by Crippen LogP contribution is 2.34. The first-order valence-corrected chi connectivity index (χ1v) is 8.68. The molecule has 0 aromatic heterocycles. The quantitative estimate of drug-likeness (QED) is 0.732. The summed E-state index contributed by atoms with van der Waals surface area (Å²) in [6, 6.07) is 11.1. The maximum Gasteiger partial charge on any atom is 0.0576 e. The molecule has 0 amide bonds. The van der Waals surface area contributed by atoms with E-state index in [-0.39, 0.29) is 5.41 Å². The van der Waals surface area contributed by atoms with Crippen molar-refractivity contribution in [2.75, 3.05) is 19.7 Å². The van der Waals surface area contributed by atoms with Gasteiger partial charge in [-0.15, -0.1) is 0 Å². The molecule has 1 aliphatic rings. The summed E-state index contributed by atoms with van der Waals surface area (Å²) in [5.74, 6) is 0. The normalized spacial score (nSPS) is 21.3. The number of ether oxygens (including phenoxy) is 1. The standard InChI is InChI=1S/C19H31NO/c1-3-19(16-20-4-2,17-10-6-5-7-11-17)14-8-12-18-13-9-15-21-18/h5-7,10-11,18,20H,3-4,8-9,12-16H2,1-2H3. The van der Waals surface area contributed by atoms with Crippen molar-refractivity contribution in [1.29, 1.82) is 0 Å². The maximum atomic E-state index is 5.77. The molecule has 2 rings (SSSR count). The third-order valence-corrected chi connectivity index (χ3v) is 4.98. The Morgan fingerprint density at radius 2 is 2.05 bits per heavy atom. The summed E-state index contributed by atoms with van der Waals surface area (Å²) in [7, 11) is 0. The SMILES string of the molecule is CCNCC(CC)(CCCC1CCCO1)c1ccccc1. The van der Waals surface area contributed by atoms with Gasteiger partial charge in [0.05, 0.1) is 6.10 Å². The Balaban J connectivity index is 1.99. The van der Waals surface area contributed by atoms with E-state index in [0.717, 1.165) is 19.7 Å². The van der Waals surface area contributed by atoms with E-state index in [1.165, 1.54) is 44.1 Å². The molecule has 1 heterocycles. The van der Waals surface area contributed by atoms with Crippen molar-refractivity contribution in [1.82, 2.24) is 5.32 Å². The fraction of sp³-hybridized carbons (Fsp3) is 0.684. The molecule has 2 atom stereocenters. The summed E-state index contributed by atoms with van der Waals surface area (Å²) < 4.78 is 5.77. The predicted octanol–water partition coefficient (Wildman–Crippen LogP) is 4.29. The number of likely N-dealkylation sites (N-methyl/N-ethyl adjacent to an activating group) is 1. The van der Waals surface area contributed by atoms with Gasteiger partial charge in [-0.25, -0.2) is 0 Å². The third kappa shape index (κ3) is 4.55. The van der Waals surface area contributed by atoms with E-state index in [1.807, 2.05) is 0 Å². The fourth-order valence-electron chi connectivity index (χ4n) is 3.54. The molecule has 0 spiro atoms. The molecule has 1 aromatic rings. The van der Waals surface area contributed by atoms with Crippen LogP contribution in [0.5, 0.6) is 0 Å². The van der Waals surface area contributed by atoms with Gasteiger partial charge in [-0.2, -0.15) is 0 Å². The van der Waals surface area contributed by atoms with Crippen molar-refractivity contribution in [3.63, 3.8) is 0 Å². The van der Waals surface area contributed by atoms with E-state index in [0.29, 0.717) is 6.10 Å². The van der Waals surface area contributed by atoms with Crippen molar-refractivity contribution in [3.05, 3.63) is 35.9 Å². The second-order valence-electron chi connectivity index (χ2n) is 6.31. The second kappa shape index (κ2) is 8.55. The van der Waals surface area contributed by atoms with Crippen LogP contribution >= 0.6 is 0 Å². The third-order valence-electron chi connectivity index (χ3n) is 4.98. The van der Waals surface area contributed by atoms with E-state index >= 15 is 0 Å². The van der Waals surface area contributed by atoms with Gasteiger partial charge in [0, 0.05) is 18.6 Å². The van der Waals surface area contributed by atoms with Gasteiger partial charge < -0.3 is 10.1 Å². The Bertz CT molecular complexity index is 386. The number of rotatable bonds is 9. The smallest absolute Gasteiger partial charge is 0.0576 e. The van der Waals surface area contributed by atoms with Gasteiger partial charge in [-0.3, -0.25) is 0 Å². The van der Waals surface area contributed by atoms with E-state index in [2.05, 4.69) is 49.5 Å². The van der Waals surface area contributed by atoms with Crippen LogP contribution in [0.15, 0.2) is 30.3 Å². The van der Waals surface area contributed by atoms with Crippen LogP contribution in [0.3, 0.4) is 0 Å². The zero-order valence-corrected chi connectivity index (χ0v) is 13.7. The van der Waals surface area contributed by atoms with Crippen LogP contribution < -0.4 is 5.32 Å². The number of benzene rings is 1. The fourth-order valence-corrected chi connectivity index (χ4v) is 3.54. The summed E-state index contributed by atoms with van der Waals surface area (Å²) in [5.41, 5.74) is 1.76. The minimum absolute atomic E-state index is 0.274. The summed E-state index contributed by atoms with van der Waals surface area (Å²) in [6.07, 6.45) is 7.96. The molecule has 1 aliphatic heterocycles. The van der Waals surface area contributed by atoms with E-state index < -0.39 is 0 Å². The summed E-state index contributed by atoms with van der Waals surface area (Å²) in [5, 5.41) is 3.59. The molecular weight excluding hydrogens is 258 g/mol. The van der Waals surface area contributed by atoms with Gasteiger partial charge in [0.2, 0.25) is 0 Å². The Labute approximate surface area is 130 Å². The molecule has 0 bridgehead atoms. The minimum Gasteiger partial charge on any atom is -0.378 e. The molecular formula is C19H31NO. The monoisotopic (exact) mass is 289 g/mol. The first kappa shape index (κ1) is 16.5. The highest BCUT2D eigenvalue weighted by molar-refractivity contribution is 5.26. The van der Waals surface area contributed by atoms with Crippen molar-refractivity contribution < 1.29 is 4.74 Å². The molecule has 21 heavy (non-hydrogen) atoms. The van der Waals surface area contributed by atoms with Crippen LogP contribution in [0.1, 0.15) is 57.9 Å². The summed E-state index contributed by atoms with van der Waals surface area (Å²) in [6.45, 7) is 7.61. The average molecular weight is 289 g/mol. The number of hydrogen-bond acceptors (Lipinski definition) is 2. The molecule has 0 saturated carbocycles. The van der Waals surface area contributed by atoms with Gasteiger partial charge >= 0.3 is 0 Å². The van der Waals surface area contributed by atoms with Crippen molar-refractivity contribution in [3.8, 4) is 0 Å². The minimum atomic E-state index is 0.274. The lowest BCUT2D eigenvalue weighted by Crippen LogP contribution is -2.38. The molecule has 1 N–H and O–H groups in total. The van der Waals surface area contributed by atoms with Crippen LogP contribution in [0.2, 0.25) is 0 Å². The Hall–Kier alpha value is -0.860. The van der Waals surface area contributed by atoms with Crippen molar-refractivity contribution in [2.45, 2.75) is 63.9 Å². The van der Waals surface area contributed by atoms with Gasteiger partial charge in [-0.1, -0.05) is 44.2 Å². The second-order valence-corrected chi connectivity index (χ2v) is 6.31. The topological polar surface area (TPSA) is 21.3 Å². The van der Waals surface area contributed by atoms with Crippen LogP contribution in [0.25, 0.3) is 0 Å². The lowest BCUT2D eigenvalue weighted by Gasteiger charge is -2.34. The average Bonchev–Trinajstić information content (AvgIpc) is 3.05. The molecule has 2 heteroatoms. The van der Waals surface area contributed by atoms with Crippen molar-refractivity contribution in [2.24, 2.45) is 0 Å². The molecule has 1 saturated heterocycles. The highest BCUT2D eigenvalue weighted by atomic mass is 16.5. The highest BCUT2D eigenvalue weighted by Gasteiger charge is 2.29. The largest absolute Gasteiger partial charge is 0.378 e. The zero-order chi connectivity index (χ0) is 15.0. The predicted molar refractivity (Wildman–Crippen MR) is 89.8 cm³/mol. The van der Waals surface area contributed by atoms with Crippen LogP contribution in [0.4, 0.5) is 0 Å². The lowest BCUT2D eigenvalue weighted by atomic mass is 9.74. The van der Waals surface area contributed by atoms with Crippen LogP contribution in [-0.4, -0.2) is 25.8 Å². The maximum absolute atomic E-state index is 5.77. The number of nitrogens with one attached hydrogen (secondary N) is 1. The van der Waals surface area contributed by atoms with Crippen LogP contribution in [-0.2, 0) is 10.2 Å². The first-order valence-electron chi connectivity index (χ1n) is 8.68. The molecule has 1 aromatic carbocycles. The Morgan fingerprint density at radius 3 is 2.67 bits per heavy atom. The summed E-state index contributed by atoms with van der Waals surface area (Å²) >= 11 is 0. The number of hydrogen-bond donors (Lipinski definition) is 1. The Morgan fingerprint density at radius 1 is 1.24 bits per heavy atom. The van der Waals surface area contributed by atoms with Crippen LogP contribution in [0, 0.1) is 0 Å². The lowest BCUT2D eigenvalue weighted by molar-refractivity contribution is 0.0997. The molecule has 0 aliphatic carbocycles. The van der Waals surface area contributed by atoms with Crippen molar-refractivity contribution >= 4 is 0 Å². The van der Waals surface area contributed by atoms with Gasteiger partial charge in [-0.05, 0) is 50.6 Å². The molecule has 2 unspecified atom stereocenters. The molecule has 0 radical (unpaired) electrons.